The average molecular weight is 497 g/mol. The summed E-state index contributed by atoms with van der Waals surface area (Å²) in [5.41, 5.74) is 2.04. The second kappa shape index (κ2) is 11.0. The van der Waals surface area contributed by atoms with Crippen molar-refractivity contribution >= 4 is 39.2 Å². The van der Waals surface area contributed by atoms with Crippen molar-refractivity contribution in [3.8, 4) is 5.75 Å². The first-order chi connectivity index (χ1) is 16.9. The van der Waals surface area contributed by atoms with Crippen LogP contribution in [0.15, 0.2) is 30.6 Å². The fourth-order valence-corrected chi connectivity index (χ4v) is 5.54. The van der Waals surface area contributed by atoms with Crippen molar-refractivity contribution in [2.24, 2.45) is 5.92 Å². The van der Waals surface area contributed by atoms with Crippen LogP contribution in [0.5, 0.6) is 5.75 Å². The number of thiophene rings is 1. The van der Waals surface area contributed by atoms with Gasteiger partial charge in [-0.25, -0.2) is 9.97 Å². The Morgan fingerprint density at radius 3 is 2.71 bits per heavy atom. The average Bonchev–Trinajstić information content (AvgIpc) is 3.17. The summed E-state index contributed by atoms with van der Waals surface area (Å²) in [6.07, 6.45) is 3.12. The van der Waals surface area contributed by atoms with Crippen molar-refractivity contribution in [1.29, 1.82) is 0 Å². The maximum Gasteiger partial charge on any atom is 0.308 e. The lowest BCUT2D eigenvalue weighted by Crippen LogP contribution is -2.42. The molecule has 8 nitrogen and oxygen atoms in total. The van der Waals surface area contributed by atoms with E-state index in [2.05, 4.69) is 34.0 Å². The van der Waals surface area contributed by atoms with E-state index in [0.29, 0.717) is 25.2 Å². The van der Waals surface area contributed by atoms with Gasteiger partial charge in [0.2, 0.25) is 5.91 Å². The van der Waals surface area contributed by atoms with Gasteiger partial charge >= 0.3 is 5.97 Å². The molecule has 3 heterocycles. The van der Waals surface area contributed by atoms with E-state index >= 15 is 0 Å². The zero-order valence-corrected chi connectivity index (χ0v) is 21.5. The normalized spacial score (nSPS) is 15.1. The highest BCUT2D eigenvalue weighted by molar-refractivity contribution is 7.18. The van der Waals surface area contributed by atoms with E-state index in [1.165, 1.54) is 10.4 Å². The van der Waals surface area contributed by atoms with Crippen molar-refractivity contribution in [2.75, 3.05) is 31.7 Å². The Hall–Kier alpha value is -3.20. The molecule has 2 aromatic heterocycles. The van der Waals surface area contributed by atoms with Gasteiger partial charge in [-0.1, -0.05) is 12.1 Å². The molecule has 0 saturated carbocycles. The summed E-state index contributed by atoms with van der Waals surface area (Å²) in [6, 6.07) is 6.95. The highest BCUT2D eigenvalue weighted by Gasteiger charge is 2.29. The lowest BCUT2D eigenvalue weighted by atomic mass is 9.94. The highest BCUT2D eigenvalue weighted by Crippen LogP contribution is 2.35. The molecule has 1 aliphatic heterocycles. The van der Waals surface area contributed by atoms with Gasteiger partial charge in [-0.15, -0.1) is 11.3 Å². The number of carbonyl (C=O) groups excluding carboxylic acids is 2. The zero-order valence-electron chi connectivity index (χ0n) is 20.7. The van der Waals surface area contributed by atoms with Crippen LogP contribution in [0.2, 0.25) is 0 Å². The second-order valence-corrected chi connectivity index (χ2v) is 9.97. The number of amides is 1. The molecule has 186 valence electrons. The molecule has 1 aliphatic rings. The summed E-state index contributed by atoms with van der Waals surface area (Å²) in [6.45, 7) is 7.77. The molecule has 0 spiro atoms. The molecule has 9 heteroatoms. The van der Waals surface area contributed by atoms with Crippen LogP contribution in [0.1, 0.15) is 48.2 Å². The van der Waals surface area contributed by atoms with Crippen LogP contribution in [-0.2, 0) is 14.3 Å². The van der Waals surface area contributed by atoms with Crippen LogP contribution in [-0.4, -0.2) is 48.7 Å². The molecule has 1 atom stereocenters. The van der Waals surface area contributed by atoms with Crippen LogP contribution in [0, 0.1) is 19.8 Å². The van der Waals surface area contributed by atoms with E-state index in [9.17, 15) is 9.59 Å². The number of hydrogen-bond acceptors (Lipinski definition) is 8. The molecular formula is C26H32N4O4S. The molecule has 0 radical (unpaired) electrons. The number of nitrogens with one attached hydrogen (secondary N) is 1. The molecule has 0 bridgehead atoms. The monoisotopic (exact) mass is 496 g/mol. The minimum Gasteiger partial charge on any atom is -0.497 e. The van der Waals surface area contributed by atoms with Crippen LogP contribution in [0.3, 0.4) is 0 Å². The number of nitrogens with zero attached hydrogens (tertiary/aromatic N) is 3. The Morgan fingerprint density at radius 2 is 2.00 bits per heavy atom. The van der Waals surface area contributed by atoms with Crippen LogP contribution < -0.4 is 15.0 Å². The summed E-state index contributed by atoms with van der Waals surface area (Å²) >= 11 is 1.69. The maximum atomic E-state index is 13.3. The van der Waals surface area contributed by atoms with Gasteiger partial charge in [-0.2, -0.15) is 0 Å². The van der Waals surface area contributed by atoms with E-state index in [0.717, 1.165) is 34.7 Å². The van der Waals surface area contributed by atoms with E-state index in [4.69, 9.17) is 9.47 Å². The molecule has 1 saturated heterocycles. The van der Waals surface area contributed by atoms with Crippen LogP contribution >= 0.6 is 11.3 Å². The number of anilines is 1. The van der Waals surface area contributed by atoms with E-state index in [1.54, 1.807) is 31.7 Å². The van der Waals surface area contributed by atoms with E-state index in [1.807, 2.05) is 24.3 Å². The third-order valence-electron chi connectivity index (χ3n) is 6.60. The molecule has 1 aromatic carbocycles. The Bertz CT molecular complexity index is 1200. The Balaban J connectivity index is 1.45. The summed E-state index contributed by atoms with van der Waals surface area (Å²) in [7, 11) is 1.59. The summed E-state index contributed by atoms with van der Waals surface area (Å²) in [4.78, 5) is 39.0. The molecule has 1 fully saturated rings. The highest BCUT2D eigenvalue weighted by atomic mass is 32.1. The minimum absolute atomic E-state index is 0.0443. The molecule has 1 N–H and O–H groups in total. The molecule has 0 aliphatic carbocycles. The van der Waals surface area contributed by atoms with Gasteiger partial charge in [0.15, 0.2) is 0 Å². The predicted octanol–water partition coefficient (Wildman–Crippen LogP) is 4.34. The van der Waals surface area contributed by atoms with Gasteiger partial charge in [0.1, 0.15) is 22.7 Å². The topological polar surface area (TPSA) is 93.7 Å². The molecule has 35 heavy (non-hydrogen) atoms. The van der Waals surface area contributed by atoms with Crippen molar-refractivity contribution in [3.05, 3.63) is 46.6 Å². The summed E-state index contributed by atoms with van der Waals surface area (Å²) < 4.78 is 10.5. The maximum absolute atomic E-state index is 13.3. The third kappa shape index (κ3) is 5.56. The number of piperidine rings is 1. The first-order valence-corrected chi connectivity index (χ1v) is 12.8. The van der Waals surface area contributed by atoms with Crippen molar-refractivity contribution in [1.82, 2.24) is 15.3 Å². The van der Waals surface area contributed by atoms with Crippen LogP contribution in [0.4, 0.5) is 5.82 Å². The summed E-state index contributed by atoms with van der Waals surface area (Å²) in [5, 5.41) is 4.22. The minimum atomic E-state index is -0.479. The lowest BCUT2D eigenvalue weighted by molar-refractivity contribution is -0.144. The molecule has 1 amide bonds. The number of rotatable bonds is 8. The standard InChI is InChI=1S/C26H32N4O4S/c1-5-34-22(31)14-21(19-7-6-8-20(13-19)33-4)29-25(32)18-9-11-30(12-10-18)24-23-16(2)17(3)35-26(23)28-15-27-24/h6-8,13,15,18,21H,5,9-12,14H2,1-4H3,(H,29,32). The zero-order chi connectivity index (χ0) is 24.9. The third-order valence-corrected chi connectivity index (χ3v) is 7.71. The fourth-order valence-electron chi connectivity index (χ4n) is 4.54. The number of hydrogen-bond donors (Lipinski definition) is 1. The number of esters is 1. The Labute approximate surface area is 209 Å². The smallest absolute Gasteiger partial charge is 0.308 e. The Morgan fingerprint density at radius 1 is 1.23 bits per heavy atom. The molecule has 4 rings (SSSR count). The second-order valence-electron chi connectivity index (χ2n) is 8.77. The molecular weight excluding hydrogens is 464 g/mol. The number of fused-ring (bicyclic) bond motifs is 1. The van der Waals surface area contributed by atoms with Gasteiger partial charge in [-0.3, -0.25) is 9.59 Å². The number of aryl methyl sites for hydroxylation is 2. The SMILES string of the molecule is CCOC(=O)CC(NC(=O)C1CCN(c2ncnc3sc(C)c(C)c23)CC1)c1cccc(OC)c1. The van der Waals surface area contributed by atoms with Crippen LogP contribution in [0.25, 0.3) is 10.2 Å². The van der Waals surface area contributed by atoms with Gasteiger partial charge in [0, 0.05) is 23.9 Å². The quantitative estimate of drug-likeness (QED) is 0.464. The largest absolute Gasteiger partial charge is 0.497 e. The van der Waals surface area contributed by atoms with Gasteiger partial charge in [0.05, 0.1) is 31.6 Å². The fraction of sp³-hybridized carbons (Fsp3) is 0.462. The molecule has 3 aromatic rings. The number of methoxy groups -OCH3 is 1. The van der Waals surface area contributed by atoms with Crippen molar-refractivity contribution in [3.63, 3.8) is 0 Å². The Kier molecular flexibility index (Phi) is 7.85. The first kappa shape index (κ1) is 24.9. The number of aromatic nitrogens is 2. The van der Waals surface area contributed by atoms with E-state index < -0.39 is 6.04 Å². The number of carbonyl (C=O) groups is 2. The number of ether oxygens (including phenoxy) is 2. The van der Waals surface area contributed by atoms with Gasteiger partial charge < -0.3 is 19.7 Å². The predicted molar refractivity (Wildman–Crippen MR) is 137 cm³/mol. The summed E-state index contributed by atoms with van der Waals surface area (Å²) in [5.74, 6) is 1.10. The molecule has 1 unspecified atom stereocenters. The van der Waals surface area contributed by atoms with Crippen molar-refractivity contribution in [2.45, 2.75) is 46.1 Å². The lowest BCUT2D eigenvalue weighted by Gasteiger charge is -2.33. The first-order valence-electron chi connectivity index (χ1n) is 12.0. The van der Waals surface area contributed by atoms with Gasteiger partial charge in [0.25, 0.3) is 0 Å². The van der Waals surface area contributed by atoms with Gasteiger partial charge in [-0.05, 0) is 56.9 Å². The van der Waals surface area contributed by atoms with Crippen molar-refractivity contribution < 1.29 is 19.1 Å². The van der Waals surface area contributed by atoms with E-state index in [-0.39, 0.29) is 24.2 Å². The number of benzene rings is 1.